The number of nitrogens with zero attached hydrogens (tertiary/aromatic N) is 2. The van der Waals surface area contributed by atoms with E-state index in [1.807, 2.05) is 0 Å². The molecule has 0 atom stereocenters. The van der Waals surface area contributed by atoms with Crippen molar-refractivity contribution >= 4 is 44.8 Å². The van der Waals surface area contributed by atoms with Crippen LogP contribution in [0.25, 0.3) is 0 Å². The van der Waals surface area contributed by atoms with E-state index in [0.29, 0.717) is 33.1 Å². The molecule has 0 aliphatic heterocycles. The van der Waals surface area contributed by atoms with Crippen LogP contribution in [0.4, 0.5) is 10.1 Å². The molecule has 11 heteroatoms. The van der Waals surface area contributed by atoms with Crippen LogP contribution in [-0.4, -0.2) is 30.2 Å². The standard InChI is InChI=1S/C31H28ClFN4O4S/c1-21(26-4-3-5-29(18-26)34-22(2)38)35-36-31(39)25-10-6-23(7-11-25)19-37(20-24-8-14-28(33)15-9-24)42(40,41)30-16-12-27(32)13-17-30/h3-18H,19-20H2,1-2H3,(H,34,38)(H,36,39). The number of amides is 2. The quantitative estimate of drug-likeness (QED) is 0.171. The second-order valence-corrected chi connectivity index (χ2v) is 11.8. The zero-order valence-corrected chi connectivity index (χ0v) is 24.4. The zero-order chi connectivity index (χ0) is 30.3. The van der Waals surface area contributed by atoms with Gasteiger partial charge in [-0.25, -0.2) is 18.2 Å². The molecule has 216 valence electrons. The number of carbonyl (C=O) groups excluding carboxylic acids is 2. The fourth-order valence-corrected chi connectivity index (χ4v) is 5.57. The molecular weight excluding hydrogens is 579 g/mol. The van der Waals surface area contributed by atoms with Gasteiger partial charge >= 0.3 is 0 Å². The molecular formula is C31H28ClFN4O4S. The minimum Gasteiger partial charge on any atom is -0.326 e. The van der Waals surface area contributed by atoms with E-state index < -0.39 is 21.7 Å². The second kappa shape index (κ2) is 13.5. The van der Waals surface area contributed by atoms with Gasteiger partial charge in [-0.05, 0) is 84.3 Å². The summed E-state index contributed by atoms with van der Waals surface area (Å²) in [5, 5.41) is 7.28. The summed E-state index contributed by atoms with van der Waals surface area (Å²) in [4.78, 5) is 24.1. The predicted octanol–water partition coefficient (Wildman–Crippen LogP) is 5.98. The second-order valence-electron chi connectivity index (χ2n) is 9.45. The summed E-state index contributed by atoms with van der Waals surface area (Å²) >= 11 is 5.95. The Balaban J connectivity index is 1.49. The summed E-state index contributed by atoms with van der Waals surface area (Å²) in [7, 11) is -3.94. The molecule has 0 bridgehead atoms. The highest BCUT2D eigenvalue weighted by atomic mass is 35.5. The fourth-order valence-electron chi connectivity index (χ4n) is 4.03. The molecule has 0 aliphatic carbocycles. The zero-order valence-electron chi connectivity index (χ0n) is 22.8. The van der Waals surface area contributed by atoms with Gasteiger partial charge in [0.2, 0.25) is 15.9 Å². The Bertz CT molecular complexity index is 1710. The molecule has 0 saturated heterocycles. The first-order chi connectivity index (χ1) is 20.0. The number of anilines is 1. The van der Waals surface area contributed by atoms with Crippen LogP contribution in [0.2, 0.25) is 5.02 Å². The maximum atomic E-state index is 13.5. The Hall–Kier alpha value is -4.38. The summed E-state index contributed by atoms with van der Waals surface area (Å²) in [5.41, 5.74) is 5.97. The normalized spacial score (nSPS) is 11.8. The van der Waals surface area contributed by atoms with Gasteiger partial charge in [0, 0.05) is 36.3 Å². The molecule has 0 aliphatic rings. The molecule has 2 amide bonds. The molecule has 0 unspecified atom stereocenters. The smallest absolute Gasteiger partial charge is 0.271 e. The minimum absolute atomic E-state index is 0.00457. The van der Waals surface area contributed by atoms with Gasteiger partial charge in [-0.2, -0.15) is 9.41 Å². The Labute approximate surface area is 248 Å². The lowest BCUT2D eigenvalue weighted by molar-refractivity contribution is -0.114. The van der Waals surface area contributed by atoms with Gasteiger partial charge in [-0.1, -0.05) is 48.0 Å². The first-order valence-electron chi connectivity index (χ1n) is 12.8. The Morgan fingerprint density at radius 1 is 0.833 bits per heavy atom. The monoisotopic (exact) mass is 606 g/mol. The Morgan fingerprint density at radius 3 is 2.02 bits per heavy atom. The van der Waals surface area contributed by atoms with Gasteiger partial charge in [0.15, 0.2) is 0 Å². The van der Waals surface area contributed by atoms with Gasteiger partial charge in [0.1, 0.15) is 5.82 Å². The van der Waals surface area contributed by atoms with Crippen LogP contribution in [0.1, 0.15) is 40.9 Å². The lowest BCUT2D eigenvalue weighted by Gasteiger charge is -2.23. The summed E-state index contributed by atoms with van der Waals surface area (Å²) in [6, 6.07) is 25.1. The Kier molecular flexibility index (Phi) is 9.84. The van der Waals surface area contributed by atoms with Gasteiger partial charge in [-0.3, -0.25) is 9.59 Å². The number of nitrogens with one attached hydrogen (secondary N) is 2. The average Bonchev–Trinajstić information content (AvgIpc) is 2.97. The van der Waals surface area contributed by atoms with Crippen LogP contribution in [0.15, 0.2) is 107 Å². The van der Waals surface area contributed by atoms with Crippen molar-refractivity contribution in [2.45, 2.75) is 31.8 Å². The van der Waals surface area contributed by atoms with E-state index in [9.17, 15) is 22.4 Å². The van der Waals surface area contributed by atoms with Crippen LogP contribution >= 0.6 is 11.6 Å². The number of halogens is 2. The van der Waals surface area contributed by atoms with Crippen molar-refractivity contribution in [2.24, 2.45) is 5.10 Å². The van der Waals surface area contributed by atoms with E-state index >= 15 is 0 Å². The number of hydrogen-bond donors (Lipinski definition) is 2. The van der Waals surface area contributed by atoms with Crippen LogP contribution < -0.4 is 10.7 Å². The number of rotatable bonds is 10. The molecule has 4 aromatic carbocycles. The molecule has 0 fully saturated rings. The Morgan fingerprint density at radius 2 is 1.43 bits per heavy atom. The third-order valence-corrected chi connectivity index (χ3v) is 8.28. The lowest BCUT2D eigenvalue weighted by atomic mass is 10.1. The number of sulfonamides is 1. The topological polar surface area (TPSA) is 108 Å². The van der Waals surface area contributed by atoms with E-state index in [2.05, 4.69) is 15.8 Å². The molecule has 0 spiro atoms. The number of benzene rings is 4. The summed E-state index contributed by atoms with van der Waals surface area (Å²) in [5.74, 6) is -1.06. The highest BCUT2D eigenvalue weighted by molar-refractivity contribution is 7.89. The molecule has 4 rings (SSSR count). The molecule has 2 N–H and O–H groups in total. The minimum atomic E-state index is -3.94. The van der Waals surface area contributed by atoms with E-state index in [4.69, 9.17) is 11.6 Å². The molecule has 0 heterocycles. The SMILES string of the molecule is CC(=O)Nc1cccc(C(C)=NNC(=O)c2ccc(CN(Cc3ccc(F)cc3)S(=O)(=O)c3ccc(Cl)cc3)cc2)c1. The predicted molar refractivity (Wildman–Crippen MR) is 161 cm³/mol. The maximum absolute atomic E-state index is 13.5. The average molecular weight is 607 g/mol. The summed E-state index contributed by atoms with van der Waals surface area (Å²) in [6.07, 6.45) is 0. The van der Waals surface area contributed by atoms with Crippen LogP contribution in [0.3, 0.4) is 0 Å². The summed E-state index contributed by atoms with van der Waals surface area (Å²) in [6.45, 7) is 3.16. The maximum Gasteiger partial charge on any atom is 0.271 e. The van der Waals surface area contributed by atoms with Crippen LogP contribution in [-0.2, 0) is 27.9 Å². The van der Waals surface area contributed by atoms with E-state index in [0.717, 1.165) is 5.56 Å². The molecule has 42 heavy (non-hydrogen) atoms. The third-order valence-electron chi connectivity index (χ3n) is 6.22. The highest BCUT2D eigenvalue weighted by Crippen LogP contribution is 2.23. The first kappa shape index (κ1) is 30.6. The van der Waals surface area contributed by atoms with Gasteiger partial charge < -0.3 is 5.32 Å². The van der Waals surface area contributed by atoms with Crippen LogP contribution in [0.5, 0.6) is 0 Å². The molecule has 4 aromatic rings. The first-order valence-corrected chi connectivity index (χ1v) is 14.6. The van der Waals surface area contributed by atoms with Crippen molar-refractivity contribution in [3.8, 4) is 0 Å². The van der Waals surface area contributed by atoms with Crippen molar-refractivity contribution in [3.05, 3.63) is 130 Å². The van der Waals surface area contributed by atoms with E-state index in [1.165, 1.54) is 59.8 Å². The van der Waals surface area contributed by atoms with Crippen LogP contribution in [0, 0.1) is 5.82 Å². The number of hydrazone groups is 1. The number of hydrogen-bond acceptors (Lipinski definition) is 5. The van der Waals surface area contributed by atoms with Crippen molar-refractivity contribution < 1.29 is 22.4 Å². The van der Waals surface area contributed by atoms with Gasteiger partial charge in [0.05, 0.1) is 10.6 Å². The van der Waals surface area contributed by atoms with Crippen molar-refractivity contribution in [1.29, 1.82) is 0 Å². The number of carbonyl (C=O) groups is 2. The van der Waals surface area contributed by atoms with Gasteiger partial charge in [-0.15, -0.1) is 0 Å². The largest absolute Gasteiger partial charge is 0.326 e. The fraction of sp³-hybridized carbons (Fsp3) is 0.129. The van der Waals surface area contributed by atoms with Crippen molar-refractivity contribution in [1.82, 2.24) is 9.73 Å². The lowest BCUT2D eigenvalue weighted by Crippen LogP contribution is -2.30. The van der Waals surface area contributed by atoms with Crippen molar-refractivity contribution in [2.75, 3.05) is 5.32 Å². The van der Waals surface area contributed by atoms with E-state index in [-0.39, 0.29) is 23.9 Å². The van der Waals surface area contributed by atoms with Gasteiger partial charge in [0.25, 0.3) is 5.91 Å². The molecule has 0 aromatic heterocycles. The van der Waals surface area contributed by atoms with Crippen molar-refractivity contribution in [3.63, 3.8) is 0 Å². The molecule has 0 saturated carbocycles. The molecule has 8 nitrogen and oxygen atoms in total. The molecule has 0 radical (unpaired) electrons. The third kappa shape index (κ3) is 8.10. The highest BCUT2D eigenvalue weighted by Gasteiger charge is 2.25. The van der Waals surface area contributed by atoms with E-state index in [1.54, 1.807) is 55.5 Å². The summed E-state index contributed by atoms with van der Waals surface area (Å²) < 4.78 is 41.8.